The number of benzene rings is 2. The Kier molecular flexibility index (Phi) is 6.64. The van der Waals surface area contributed by atoms with Crippen molar-refractivity contribution in [2.45, 2.75) is 6.54 Å². The van der Waals surface area contributed by atoms with Crippen molar-refractivity contribution < 1.29 is 0 Å². The summed E-state index contributed by atoms with van der Waals surface area (Å²) in [5, 5.41) is 3.30. The van der Waals surface area contributed by atoms with Crippen molar-refractivity contribution >= 4 is 12.4 Å². The van der Waals surface area contributed by atoms with Crippen LogP contribution in [0.4, 0.5) is 0 Å². The van der Waals surface area contributed by atoms with Gasteiger partial charge in [-0.15, -0.1) is 12.4 Å². The van der Waals surface area contributed by atoms with Crippen LogP contribution in [-0.2, 0) is 6.54 Å². The van der Waals surface area contributed by atoms with Gasteiger partial charge in [0.05, 0.1) is 6.54 Å². The van der Waals surface area contributed by atoms with Crippen molar-refractivity contribution in [2.24, 2.45) is 0 Å². The Bertz CT molecular complexity index is 497. The Morgan fingerprint density at radius 3 is 2.11 bits per heavy atom. The standard InChI is InChI=1S/C16H15N.ClH/c1-3-8-15(9-4-1)12-7-13-17-14-16-10-5-2-6-11-16;/h1-6,8-11,17H,13-14H2;1H. The van der Waals surface area contributed by atoms with Crippen LogP contribution in [0.25, 0.3) is 0 Å². The molecule has 0 saturated carbocycles. The molecule has 1 N–H and O–H groups in total. The third kappa shape index (κ3) is 5.05. The highest BCUT2D eigenvalue weighted by atomic mass is 35.5. The van der Waals surface area contributed by atoms with Crippen molar-refractivity contribution in [1.29, 1.82) is 0 Å². The van der Waals surface area contributed by atoms with E-state index in [1.807, 2.05) is 48.5 Å². The molecule has 0 unspecified atom stereocenters. The summed E-state index contributed by atoms with van der Waals surface area (Å²) < 4.78 is 0. The SMILES string of the molecule is C(#Cc1ccccc1)CNCc1ccccc1.Cl. The van der Waals surface area contributed by atoms with Crippen LogP contribution in [0.2, 0.25) is 0 Å². The van der Waals surface area contributed by atoms with E-state index in [9.17, 15) is 0 Å². The molecule has 0 aromatic heterocycles. The minimum atomic E-state index is 0. The molecule has 18 heavy (non-hydrogen) atoms. The number of hydrogen-bond donors (Lipinski definition) is 1. The fraction of sp³-hybridized carbons (Fsp3) is 0.125. The third-order valence-electron chi connectivity index (χ3n) is 2.39. The fourth-order valence-corrected chi connectivity index (χ4v) is 1.53. The van der Waals surface area contributed by atoms with E-state index in [4.69, 9.17) is 0 Å². The van der Waals surface area contributed by atoms with Crippen LogP contribution < -0.4 is 5.32 Å². The maximum Gasteiger partial charge on any atom is 0.0582 e. The second kappa shape index (κ2) is 8.36. The van der Waals surface area contributed by atoms with E-state index < -0.39 is 0 Å². The molecule has 2 aromatic carbocycles. The van der Waals surface area contributed by atoms with E-state index in [2.05, 4.69) is 29.3 Å². The smallest absolute Gasteiger partial charge is 0.0582 e. The van der Waals surface area contributed by atoms with Crippen LogP contribution in [0.5, 0.6) is 0 Å². The van der Waals surface area contributed by atoms with Gasteiger partial charge in [0.15, 0.2) is 0 Å². The summed E-state index contributed by atoms with van der Waals surface area (Å²) >= 11 is 0. The summed E-state index contributed by atoms with van der Waals surface area (Å²) in [5.74, 6) is 6.23. The van der Waals surface area contributed by atoms with Gasteiger partial charge in [-0.1, -0.05) is 60.4 Å². The molecule has 0 amide bonds. The monoisotopic (exact) mass is 257 g/mol. The van der Waals surface area contributed by atoms with Gasteiger partial charge in [0.2, 0.25) is 0 Å². The van der Waals surface area contributed by atoms with Crippen molar-refractivity contribution in [3.8, 4) is 11.8 Å². The quantitative estimate of drug-likeness (QED) is 0.658. The first-order valence-electron chi connectivity index (χ1n) is 5.74. The van der Waals surface area contributed by atoms with Gasteiger partial charge in [0, 0.05) is 12.1 Å². The maximum atomic E-state index is 3.30. The molecule has 0 aliphatic heterocycles. The number of nitrogens with one attached hydrogen (secondary N) is 1. The van der Waals surface area contributed by atoms with Gasteiger partial charge in [-0.05, 0) is 17.7 Å². The second-order valence-electron chi connectivity index (χ2n) is 3.76. The molecule has 0 aliphatic rings. The van der Waals surface area contributed by atoms with Crippen molar-refractivity contribution in [1.82, 2.24) is 5.32 Å². The van der Waals surface area contributed by atoms with E-state index in [0.717, 1.165) is 12.1 Å². The lowest BCUT2D eigenvalue weighted by Crippen LogP contribution is -2.12. The van der Waals surface area contributed by atoms with Crippen molar-refractivity contribution in [3.05, 3.63) is 71.8 Å². The summed E-state index contributed by atoms with van der Waals surface area (Å²) in [7, 11) is 0. The summed E-state index contributed by atoms with van der Waals surface area (Å²) in [6.45, 7) is 1.58. The predicted molar refractivity (Wildman–Crippen MR) is 78.7 cm³/mol. The van der Waals surface area contributed by atoms with E-state index in [-0.39, 0.29) is 12.4 Å². The fourth-order valence-electron chi connectivity index (χ4n) is 1.53. The van der Waals surface area contributed by atoms with Crippen LogP contribution in [0, 0.1) is 11.8 Å². The molecule has 0 spiro atoms. The third-order valence-corrected chi connectivity index (χ3v) is 2.39. The average Bonchev–Trinajstić information content (AvgIpc) is 2.41. The molecule has 0 atom stereocenters. The van der Waals surface area contributed by atoms with E-state index >= 15 is 0 Å². The van der Waals surface area contributed by atoms with Gasteiger partial charge in [0.25, 0.3) is 0 Å². The van der Waals surface area contributed by atoms with Gasteiger partial charge in [0.1, 0.15) is 0 Å². The highest BCUT2D eigenvalue weighted by Crippen LogP contribution is 1.97. The molecule has 92 valence electrons. The van der Waals surface area contributed by atoms with Crippen LogP contribution in [0.15, 0.2) is 60.7 Å². The normalized spacial score (nSPS) is 8.89. The van der Waals surface area contributed by atoms with Crippen LogP contribution >= 0.6 is 12.4 Å². The van der Waals surface area contributed by atoms with Crippen LogP contribution in [-0.4, -0.2) is 6.54 Å². The van der Waals surface area contributed by atoms with E-state index in [0.29, 0.717) is 6.54 Å². The zero-order chi connectivity index (χ0) is 11.8. The molecule has 2 heteroatoms. The molecule has 0 aliphatic carbocycles. The maximum absolute atomic E-state index is 3.30. The summed E-state index contributed by atoms with van der Waals surface area (Å²) in [5.41, 5.74) is 2.35. The molecule has 0 bridgehead atoms. The molecule has 1 nitrogen and oxygen atoms in total. The zero-order valence-electron chi connectivity index (χ0n) is 10.1. The Labute approximate surface area is 115 Å². The Balaban J connectivity index is 0.00000162. The first kappa shape index (κ1) is 14.3. The Hall–Kier alpha value is -1.75. The minimum Gasteiger partial charge on any atom is -0.302 e. The van der Waals surface area contributed by atoms with E-state index in [1.54, 1.807) is 0 Å². The predicted octanol–water partition coefficient (Wildman–Crippen LogP) is 3.25. The van der Waals surface area contributed by atoms with Gasteiger partial charge < -0.3 is 5.32 Å². The lowest BCUT2D eigenvalue weighted by Gasteiger charge is -1.99. The highest BCUT2D eigenvalue weighted by Gasteiger charge is 1.87. The molecular formula is C16H16ClN. The molecule has 2 rings (SSSR count). The molecule has 0 fully saturated rings. The van der Waals surface area contributed by atoms with Gasteiger partial charge >= 0.3 is 0 Å². The topological polar surface area (TPSA) is 12.0 Å². The minimum absolute atomic E-state index is 0. The first-order valence-corrected chi connectivity index (χ1v) is 5.74. The number of rotatable bonds is 3. The molecule has 0 saturated heterocycles. The van der Waals surface area contributed by atoms with Gasteiger partial charge in [-0.3, -0.25) is 0 Å². The molecular weight excluding hydrogens is 242 g/mol. The van der Waals surface area contributed by atoms with Crippen molar-refractivity contribution in [2.75, 3.05) is 6.54 Å². The Morgan fingerprint density at radius 2 is 1.44 bits per heavy atom. The van der Waals surface area contributed by atoms with Crippen LogP contribution in [0.1, 0.15) is 11.1 Å². The highest BCUT2D eigenvalue weighted by molar-refractivity contribution is 5.85. The lowest BCUT2D eigenvalue weighted by atomic mass is 10.2. The summed E-state index contributed by atoms with van der Waals surface area (Å²) in [4.78, 5) is 0. The van der Waals surface area contributed by atoms with Crippen LogP contribution in [0.3, 0.4) is 0 Å². The largest absolute Gasteiger partial charge is 0.302 e. The molecule has 0 radical (unpaired) electrons. The van der Waals surface area contributed by atoms with Gasteiger partial charge in [-0.25, -0.2) is 0 Å². The Morgan fingerprint density at radius 1 is 0.833 bits per heavy atom. The van der Waals surface area contributed by atoms with Crippen molar-refractivity contribution in [3.63, 3.8) is 0 Å². The summed E-state index contributed by atoms with van der Waals surface area (Å²) in [6.07, 6.45) is 0. The van der Waals surface area contributed by atoms with E-state index in [1.165, 1.54) is 5.56 Å². The second-order valence-corrected chi connectivity index (χ2v) is 3.76. The first-order chi connectivity index (χ1) is 8.45. The van der Waals surface area contributed by atoms with Gasteiger partial charge in [-0.2, -0.15) is 0 Å². The number of hydrogen-bond acceptors (Lipinski definition) is 1. The molecule has 0 heterocycles. The lowest BCUT2D eigenvalue weighted by molar-refractivity contribution is 0.770. The zero-order valence-corrected chi connectivity index (χ0v) is 10.9. The summed E-state index contributed by atoms with van der Waals surface area (Å²) in [6, 6.07) is 20.4. The molecule has 2 aromatic rings. The average molecular weight is 258 g/mol. The number of halogens is 1.